The lowest BCUT2D eigenvalue weighted by atomic mass is 10.1. The van der Waals surface area contributed by atoms with Gasteiger partial charge in [-0.15, -0.1) is 0 Å². The molecule has 0 aliphatic heterocycles. The number of nitrogens with one attached hydrogen (secondary N) is 2. The molecular weight excluding hydrogens is 242 g/mol. The molecule has 1 aromatic carbocycles. The lowest BCUT2D eigenvalue weighted by Crippen LogP contribution is -2.09. The molecule has 19 heavy (non-hydrogen) atoms. The number of hydrogen-bond donors (Lipinski definition) is 2. The Morgan fingerprint density at radius 2 is 2.00 bits per heavy atom. The zero-order valence-corrected chi connectivity index (χ0v) is 10.9. The van der Waals surface area contributed by atoms with Crippen molar-refractivity contribution in [2.24, 2.45) is 0 Å². The van der Waals surface area contributed by atoms with Gasteiger partial charge in [-0.2, -0.15) is 5.10 Å². The van der Waals surface area contributed by atoms with Gasteiger partial charge in [-0.3, -0.25) is 9.59 Å². The van der Waals surface area contributed by atoms with Crippen LogP contribution in [0.15, 0.2) is 35.1 Å². The van der Waals surface area contributed by atoms with Crippen molar-refractivity contribution in [1.29, 1.82) is 0 Å². The van der Waals surface area contributed by atoms with E-state index in [1.807, 2.05) is 31.2 Å². The van der Waals surface area contributed by atoms with Crippen LogP contribution in [0.2, 0.25) is 0 Å². The molecule has 0 aliphatic rings. The van der Waals surface area contributed by atoms with Crippen LogP contribution < -0.4 is 10.9 Å². The first-order valence-corrected chi connectivity index (χ1v) is 6.06. The molecule has 5 nitrogen and oxygen atoms in total. The number of aryl methyl sites for hydroxylation is 1. The summed E-state index contributed by atoms with van der Waals surface area (Å²) in [4.78, 5) is 22.4. The summed E-state index contributed by atoms with van der Waals surface area (Å²) in [7, 11) is 0. The summed E-state index contributed by atoms with van der Waals surface area (Å²) >= 11 is 0. The maximum absolute atomic E-state index is 11.3. The Kier molecular flexibility index (Phi) is 3.75. The van der Waals surface area contributed by atoms with E-state index >= 15 is 0 Å². The summed E-state index contributed by atoms with van der Waals surface area (Å²) in [6, 6.07) is 8.86. The number of amides is 1. The Morgan fingerprint density at radius 3 is 2.58 bits per heavy atom. The second kappa shape index (κ2) is 5.48. The lowest BCUT2D eigenvalue weighted by molar-refractivity contribution is -0.115. The number of anilines is 1. The van der Waals surface area contributed by atoms with E-state index in [9.17, 15) is 9.59 Å². The molecule has 0 saturated carbocycles. The lowest BCUT2D eigenvalue weighted by Gasteiger charge is -2.06. The molecule has 0 fully saturated rings. The van der Waals surface area contributed by atoms with Crippen molar-refractivity contribution in [3.05, 3.63) is 46.2 Å². The first-order valence-electron chi connectivity index (χ1n) is 6.06. The molecule has 2 N–H and O–H groups in total. The highest BCUT2D eigenvalue weighted by atomic mass is 16.1. The maximum atomic E-state index is 11.3. The van der Waals surface area contributed by atoms with E-state index in [1.165, 1.54) is 6.07 Å². The van der Waals surface area contributed by atoms with Crippen molar-refractivity contribution >= 4 is 11.6 Å². The zero-order chi connectivity index (χ0) is 13.8. The van der Waals surface area contributed by atoms with Gasteiger partial charge in [-0.05, 0) is 24.6 Å². The van der Waals surface area contributed by atoms with Gasteiger partial charge in [0.15, 0.2) is 0 Å². The normalized spacial score (nSPS) is 10.2. The topological polar surface area (TPSA) is 74.8 Å². The summed E-state index contributed by atoms with van der Waals surface area (Å²) in [5.41, 5.74) is 2.97. The second-order valence-electron chi connectivity index (χ2n) is 4.24. The Balaban J connectivity index is 2.27. The van der Waals surface area contributed by atoms with Crippen molar-refractivity contribution in [2.45, 2.75) is 20.3 Å². The van der Waals surface area contributed by atoms with Gasteiger partial charge in [0.2, 0.25) is 5.91 Å². The van der Waals surface area contributed by atoms with Crippen LogP contribution in [-0.2, 0) is 4.79 Å². The fraction of sp³-hybridized carbons (Fsp3) is 0.214. The number of benzene rings is 1. The molecule has 5 heteroatoms. The molecule has 0 bridgehead atoms. The van der Waals surface area contributed by atoms with Crippen LogP contribution in [0.3, 0.4) is 0 Å². The minimum atomic E-state index is -0.215. The molecule has 0 saturated heterocycles. The molecule has 0 aliphatic carbocycles. The van der Waals surface area contributed by atoms with Crippen LogP contribution in [0.1, 0.15) is 18.9 Å². The van der Waals surface area contributed by atoms with Gasteiger partial charge in [0.1, 0.15) is 0 Å². The van der Waals surface area contributed by atoms with Gasteiger partial charge in [0.05, 0.1) is 5.69 Å². The van der Waals surface area contributed by atoms with Crippen LogP contribution in [0, 0.1) is 6.92 Å². The van der Waals surface area contributed by atoms with Gasteiger partial charge < -0.3 is 5.32 Å². The molecule has 98 valence electrons. The quantitative estimate of drug-likeness (QED) is 0.884. The van der Waals surface area contributed by atoms with Crippen molar-refractivity contribution < 1.29 is 4.79 Å². The van der Waals surface area contributed by atoms with Crippen molar-refractivity contribution in [3.63, 3.8) is 0 Å². The van der Waals surface area contributed by atoms with E-state index in [1.54, 1.807) is 6.92 Å². The minimum absolute atomic E-state index is 0.0221. The molecule has 0 atom stereocenters. The third kappa shape index (κ3) is 3.07. The van der Waals surface area contributed by atoms with E-state index in [2.05, 4.69) is 15.5 Å². The number of hydrogen-bond acceptors (Lipinski definition) is 3. The van der Waals surface area contributed by atoms with E-state index in [0.29, 0.717) is 6.42 Å². The summed E-state index contributed by atoms with van der Waals surface area (Å²) < 4.78 is 0. The fourth-order valence-corrected chi connectivity index (χ4v) is 1.75. The highest BCUT2D eigenvalue weighted by Crippen LogP contribution is 2.21. The Labute approximate surface area is 110 Å². The molecule has 1 heterocycles. The number of rotatable bonds is 3. The summed E-state index contributed by atoms with van der Waals surface area (Å²) in [5.74, 6) is -0.0221. The Morgan fingerprint density at radius 1 is 1.32 bits per heavy atom. The van der Waals surface area contributed by atoms with E-state index in [-0.39, 0.29) is 11.5 Å². The first kappa shape index (κ1) is 13.0. The number of H-pyrrole nitrogens is 1. The standard InChI is InChI=1S/C14H15N3O2/c1-3-12(18)15-11-6-4-10(5-7-11)14-9(2)8-13(19)16-17-14/h4-8H,3H2,1-2H3,(H,15,18)(H,16,19). The van der Waals surface area contributed by atoms with Crippen LogP contribution in [0.4, 0.5) is 5.69 Å². The Hall–Kier alpha value is -2.43. The monoisotopic (exact) mass is 257 g/mol. The first-order chi connectivity index (χ1) is 9.10. The fourth-order valence-electron chi connectivity index (χ4n) is 1.75. The Bertz CT molecular complexity index is 644. The number of carbonyl (C=O) groups is 1. The maximum Gasteiger partial charge on any atom is 0.264 e. The molecule has 0 radical (unpaired) electrons. The largest absolute Gasteiger partial charge is 0.326 e. The molecule has 1 aromatic heterocycles. The number of nitrogens with zero attached hydrogens (tertiary/aromatic N) is 1. The molecular formula is C14H15N3O2. The van der Waals surface area contributed by atoms with Gasteiger partial charge in [-0.1, -0.05) is 19.1 Å². The third-order valence-electron chi connectivity index (χ3n) is 2.76. The summed E-state index contributed by atoms with van der Waals surface area (Å²) in [6.45, 7) is 3.64. The molecule has 0 spiro atoms. The predicted octanol–water partition coefficient (Wildman–Crippen LogP) is 2.09. The van der Waals surface area contributed by atoms with Crippen LogP contribution in [0.5, 0.6) is 0 Å². The van der Waals surface area contributed by atoms with Crippen LogP contribution in [0.25, 0.3) is 11.3 Å². The minimum Gasteiger partial charge on any atom is -0.326 e. The van der Waals surface area contributed by atoms with Crippen molar-refractivity contribution in [2.75, 3.05) is 5.32 Å². The second-order valence-corrected chi connectivity index (χ2v) is 4.24. The molecule has 2 aromatic rings. The summed E-state index contributed by atoms with van der Waals surface area (Å²) in [5, 5.41) is 9.23. The van der Waals surface area contributed by atoms with Crippen molar-refractivity contribution in [3.8, 4) is 11.3 Å². The smallest absolute Gasteiger partial charge is 0.264 e. The van der Waals surface area contributed by atoms with Crippen LogP contribution in [-0.4, -0.2) is 16.1 Å². The number of aromatic amines is 1. The predicted molar refractivity (Wildman–Crippen MR) is 74.0 cm³/mol. The average Bonchev–Trinajstić information content (AvgIpc) is 2.40. The molecule has 2 rings (SSSR count). The SMILES string of the molecule is CCC(=O)Nc1ccc(-c2n[nH]c(=O)cc2C)cc1. The average molecular weight is 257 g/mol. The molecule has 1 amide bonds. The summed E-state index contributed by atoms with van der Waals surface area (Å²) in [6.07, 6.45) is 0.447. The van der Waals surface area contributed by atoms with E-state index < -0.39 is 0 Å². The van der Waals surface area contributed by atoms with Gasteiger partial charge in [-0.25, -0.2) is 5.10 Å². The third-order valence-corrected chi connectivity index (χ3v) is 2.76. The van der Waals surface area contributed by atoms with Gasteiger partial charge in [0, 0.05) is 23.7 Å². The van der Waals surface area contributed by atoms with Gasteiger partial charge >= 0.3 is 0 Å². The number of carbonyl (C=O) groups excluding carboxylic acids is 1. The van der Waals surface area contributed by atoms with Crippen LogP contribution >= 0.6 is 0 Å². The van der Waals surface area contributed by atoms with Crippen molar-refractivity contribution in [1.82, 2.24) is 10.2 Å². The number of aromatic nitrogens is 2. The highest BCUT2D eigenvalue weighted by Gasteiger charge is 2.05. The zero-order valence-electron chi connectivity index (χ0n) is 10.9. The van der Waals surface area contributed by atoms with E-state index in [4.69, 9.17) is 0 Å². The van der Waals surface area contributed by atoms with E-state index in [0.717, 1.165) is 22.5 Å². The molecule has 0 unspecified atom stereocenters. The highest BCUT2D eigenvalue weighted by molar-refractivity contribution is 5.90. The van der Waals surface area contributed by atoms with Gasteiger partial charge in [0.25, 0.3) is 5.56 Å².